The van der Waals surface area contributed by atoms with Crippen LogP contribution in [0.25, 0.3) is 11.0 Å². The maximum atomic E-state index is 6.02. The highest BCUT2D eigenvalue weighted by molar-refractivity contribution is 5.75. The van der Waals surface area contributed by atoms with Crippen molar-refractivity contribution in [1.82, 2.24) is 14.5 Å². The third-order valence-electron chi connectivity index (χ3n) is 4.87. The van der Waals surface area contributed by atoms with Crippen LogP contribution in [0.4, 0.5) is 0 Å². The first-order valence-corrected chi connectivity index (χ1v) is 9.24. The molecule has 2 aromatic carbocycles. The lowest BCUT2D eigenvalue weighted by atomic mass is 10.2. The molecule has 0 aliphatic carbocycles. The van der Waals surface area contributed by atoms with Gasteiger partial charge in [-0.1, -0.05) is 30.3 Å². The predicted molar refractivity (Wildman–Crippen MR) is 103 cm³/mol. The number of nitrogens with zero attached hydrogens (tertiary/aromatic N) is 3. The van der Waals surface area contributed by atoms with Crippen molar-refractivity contribution in [1.29, 1.82) is 0 Å². The van der Waals surface area contributed by atoms with Gasteiger partial charge in [0.1, 0.15) is 18.2 Å². The molecule has 0 saturated carbocycles. The van der Waals surface area contributed by atoms with Gasteiger partial charge in [-0.05, 0) is 30.7 Å². The number of aryl methyl sites for hydroxylation is 1. The highest BCUT2D eigenvalue weighted by Gasteiger charge is 2.16. The molecule has 5 nitrogen and oxygen atoms in total. The van der Waals surface area contributed by atoms with Gasteiger partial charge in [0.25, 0.3) is 0 Å². The monoisotopic (exact) mass is 351 g/mol. The van der Waals surface area contributed by atoms with E-state index in [-0.39, 0.29) is 0 Å². The standard InChI is InChI=1S/C21H25N3O2/c1-17-6-2-5-9-20(17)26-15-12-24-19-8-4-3-7-18(19)22-21(24)16-23-10-13-25-14-11-23/h2-9H,10-16H2,1H3. The van der Waals surface area contributed by atoms with E-state index in [4.69, 9.17) is 14.5 Å². The van der Waals surface area contributed by atoms with Crippen LogP contribution < -0.4 is 4.74 Å². The first kappa shape index (κ1) is 17.1. The number of rotatable bonds is 6. The van der Waals surface area contributed by atoms with Crippen LogP contribution in [0.3, 0.4) is 0 Å². The fourth-order valence-corrected chi connectivity index (χ4v) is 3.42. The van der Waals surface area contributed by atoms with Crippen LogP contribution in [0.1, 0.15) is 11.4 Å². The van der Waals surface area contributed by atoms with Crippen molar-refractivity contribution in [2.24, 2.45) is 0 Å². The smallest absolute Gasteiger partial charge is 0.124 e. The number of ether oxygens (including phenoxy) is 2. The molecule has 0 bridgehead atoms. The average Bonchev–Trinajstić information content (AvgIpc) is 3.01. The Morgan fingerprint density at radius 2 is 1.81 bits per heavy atom. The summed E-state index contributed by atoms with van der Waals surface area (Å²) in [5, 5.41) is 0. The summed E-state index contributed by atoms with van der Waals surface area (Å²) in [6, 6.07) is 16.5. The minimum Gasteiger partial charge on any atom is -0.491 e. The molecule has 0 unspecified atom stereocenters. The van der Waals surface area contributed by atoms with E-state index < -0.39 is 0 Å². The molecular weight excluding hydrogens is 326 g/mol. The first-order valence-electron chi connectivity index (χ1n) is 9.24. The van der Waals surface area contributed by atoms with Crippen LogP contribution in [0.15, 0.2) is 48.5 Å². The molecule has 1 fully saturated rings. The van der Waals surface area contributed by atoms with Crippen molar-refractivity contribution >= 4 is 11.0 Å². The Bertz CT molecular complexity index is 869. The topological polar surface area (TPSA) is 39.5 Å². The van der Waals surface area contributed by atoms with Crippen molar-refractivity contribution in [3.63, 3.8) is 0 Å². The van der Waals surface area contributed by atoms with E-state index in [1.54, 1.807) is 0 Å². The van der Waals surface area contributed by atoms with Crippen molar-refractivity contribution in [2.75, 3.05) is 32.9 Å². The lowest BCUT2D eigenvalue weighted by molar-refractivity contribution is 0.0326. The summed E-state index contributed by atoms with van der Waals surface area (Å²) in [4.78, 5) is 7.28. The van der Waals surface area contributed by atoms with Crippen LogP contribution in [-0.2, 0) is 17.8 Å². The molecule has 0 N–H and O–H groups in total. The molecule has 5 heteroatoms. The average molecular weight is 351 g/mol. The molecule has 1 aliphatic heterocycles. The lowest BCUT2D eigenvalue weighted by Gasteiger charge is -2.26. The van der Waals surface area contributed by atoms with Gasteiger partial charge < -0.3 is 14.0 Å². The molecule has 1 aromatic heterocycles. The van der Waals surface area contributed by atoms with Gasteiger partial charge in [-0.25, -0.2) is 4.98 Å². The summed E-state index contributed by atoms with van der Waals surface area (Å²) in [6.07, 6.45) is 0. The van der Waals surface area contributed by atoms with Gasteiger partial charge in [0, 0.05) is 13.1 Å². The van der Waals surface area contributed by atoms with E-state index in [1.165, 1.54) is 5.52 Å². The summed E-state index contributed by atoms with van der Waals surface area (Å²) in [7, 11) is 0. The molecule has 0 atom stereocenters. The number of hydrogen-bond acceptors (Lipinski definition) is 4. The highest BCUT2D eigenvalue weighted by atomic mass is 16.5. The molecule has 1 saturated heterocycles. The van der Waals surface area contributed by atoms with Crippen LogP contribution >= 0.6 is 0 Å². The van der Waals surface area contributed by atoms with Gasteiger partial charge in [0.15, 0.2) is 0 Å². The van der Waals surface area contributed by atoms with Crippen molar-refractivity contribution < 1.29 is 9.47 Å². The highest BCUT2D eigenvalue weighted by Crippen LogP contribution is 2.19. The van der Waals surface area contributed by atoms with Crippen LogP contribution in [0.2, 0.25) is 0 Å². The zero-order valence-corrected chi connectivity index (χ0v) is 15.2. The van der Waals surface area contributed by atoms with E-state index in [1.807, 2.05) is 24.3 Å². The van der Waals surface area contributed by atoms with E-state index in [2.05, 4.69) is 40.7 Å². The molecular formula is C21H25N3O2. The summed E-state index contributed by atoms with van der Waals surface area (Å²) in [6.45, 7) is 7.86. The molecule has 3 aromatic rings. The maximum absolute atomic E-state index is 6.02. The SMILES string of the molecule is Cc1ccccc1OCCn1c(CN2CCOCC2)nc2ccccc21. The zero-order chi connectivity index (χ0) is 17.8. The fourth-order valence-electron chi connectivity index (χ4n) is 3.42. The van der Waals surface area contributed by atoms with Gasteiger partial charge in [0.2, 0.25) is 0 Å². The second-order valence-electron chi connectivity index (χ2n) is 6.67. The van der Waals surface area contributed by atoms with E-state index in [0.29, 0.717) is 6.61 Å². The molecule has 2 heterocycles. The minimum atomic E-state index is 0.626. The van der Waals surface area contributed by atoms with Crippen LogP contribution in [-0.4, -0.2) is 47.4 Å². The Labute approximate surface area is 154 Å². The minimum absolute atomic E-state index is 0.626. The van der Waals surface area contributed by atoms with Crippen molar-refractivity contribution in [2.45, 2.75) is 20.0 Å². The van der Waals surface area contributed by atoms with Crippen molar-refractivity contribution in [3.8, 4) is 5.75 Å². The van der Waals surface area contributed by atoms with Gasteiger partial charge in [-0.2, -0.15) is 0 Å². The number of hydrogen-bond donors (Lipinski definition) is 0. The number of benzene rings is 2. The second-order valence-corrected chi connectivity index (χ2v) is 6.67. The Morgan fingerprint density at radius 1 is 1.04 bits per heavy atom. The fraction of sp³-hybridized carbons (Fsp3) is 0.381. The van der Waals surface area contributed by atoms with Crippen molar-refractivity contribution in [3.05, 3.63) is 59.9 Å². The third-order valence-corrected chi connectivity index (χ3v) is 4.87. The molecule has 0 amide bonds. The molecule has 1 aliphatic rings. The Morgan fingerprint density at radius 3 is 2.65 bits per heavy atom. The van der Waals surface area contributed by atoms with E-state index >= 15 is 0 Å². The maximum Gasteiger partial charge on any atom is 0.124 e. The summed E-state index contributed by atoms with van der Waals surface area (Å²) in [5.74, 6) is 2.05. The number of aromatic nitrogens is 2. The normalized spacial score (nSPS) is 15.4. The van der Waals surface area contributed by atoms with Gasteiger partial charge >= 0.3 is 0 Å². The first-order chi connectivity index (χ1) is 12.8. The molecule has 4 rings (SSSR count). The molecule has 26 heavy (non-hydrogen) atoms. The number of imidazole rings is 1. The number of fused-ring (bicyclic) bond motifs is 1. The Hall–Kier alpha value is -2.37. The molecule has 0 radical (unpaired) electrons. The lowest BCUT2D eigenvalue weighted by Crippen LogP contribution is -2.36. The predicted octanol–water partition coefficient (Wildman–Crippen LogP) is 3.26. The number of morpholine rings is 1. The summed E-state index contributed by atoms with van der Waals surface area (Å²) < 4.78 is 13.8. The largest absolute Gasteiger partial charge is 0.491 e. The second kappa shape index (κ2) is 7.89. The quantitative estimate of drug-likeness (QED) is 0.683. The van der Waals surface area contributed by atoms with E-state index in [0.717, 1.165) is 62.0 Å². The van der Waals surface area contributed by atoms with Crippen LogP contribution in [0, 0.1) is 6.92 Å². The summed E-state index contributed by atoms with van der Waals surface area (Å²) >= 11 is 0. The van der Waals surface area contributed by atoms with Gasteiger partial charge in [-0.3, -0.25) is 4.90 Å². The van der Waals surface area contributed by atoms with Gasteiger partial charge in [0.05, 0.1) is 37.3 Å². The molecule has 136 valence electrons. The van der Waals surface area contributed by atoms with E-state index in [9.17, 15) is 0 Å². The van der Waals surface area contributed by atoms with Crippen LogP contribution in [0.5, 0.6) is 5.75 Å². The summed E-state index contributed by atoms with van der Waals surface area (Å²) in [5.41, 5.74) is 3.38. The zero-order valence-electron chi connectivity index (χ0n) is 15.2. The Balaban J connectivity index is 1.52. The van der Waals surface area contributed by atoms with Gasteiger partial charge in [-0.15, -0.1) is 0 Å². The number of para-hydroxylation sites is 3. The Kier molecular flexibility index (Phi) is 5.18. The molecule has 0 spiro atoms. The third kappa shape index (κ3) is 3.74.